The molecule has 4 aromatic rings. The zero-order valence-corrected chi connectivity index (χ0v) is 19.4. The van der Waals surface area contributed by atoms with Gasteiger partial charge in [-0.15, -0.1) is 0 Å². The van der Waals surface area contributed by atoms with E-state index in [2.05, 4.69) is 108 Å². The highest BCUT2D eigenvalue weighted by Gasteiger charge is 2.36. The Kier molecular flexibility index (Phi) is 8.10. The Hall–Kier alpha value is -3.44. The molecule has 4 rings (SSSR count). The molecule has 0 saturated carbocycles. The van der Waals surface area contributed by atoms with Crippen LogP contribution in [0, 0.1) is 0 Å². The van der Waals surface area contributed by atoms with E-state index in [1.54, 1.807) is 0 Å². The second-order valence-electron chi connectivity index (χ2n) is 8.48. The molecule has 34 heavy (non-hydrogen) atoms. The summed E-state index contributed by atoms with van der Waals surface area (Å²) in [5.41, 5.74) is 15.8. The topological polar surface area (TPSA) is 73.3 Å². The largest absolute Gasteiger partial charge is 0.494 e. The number of nitrogens with two attached hydrogens (primary N) is 2. The monoisotopic (exact) mass is 451 g/mol. The van der Waals surface area contributed by atoms with E-state index in [0.29, 0.717) is 6.61 Å². The van der Waals surface area contributed by atoms with Gasteiger partial charge in [0.2, 0.25) is 0 Å². The number of ether oxygens (including phenoxy) is 1. The van der Waals surface area contributed by atoms with E-state index in [1.807, 2.05) is 12.1 Å². The molecule has 4 aromatic carbocycles. The molecule has 0 unspecified atom stereocenters. The van der Waals surface area contributed by atoms with Gasteiger partial charge < -0.3 is 16.2 Å². The average Bonchev–Trinajstić information content (AvgIpc) is 2.89. The normalized spacial score (nSPS) is 11.5. The highest BCUT2D eigenvalue weighted by Crippen LogP contribution is 2.42. The minimum Gasteiger partial charge on any atom is -0.494 e. The van der Waals surface area contributed by atoms with Gasteiger partial charge in [-0.1, -0.05) is 103 Å². The van der Waals surface area contributed by atoms with Crippen LogP contribution in [0.2, 0.25) is 0 Å². The van der Waals surface area contributed by atoms with Gasteiger partial charge in [0, 0.05) is 12.0 Å². The number of rotatable bonds is 11. The molecule has 0 aromatic heterocycles. The number of hydrogen-bond acceptors (Lipinski definition) is 4. The van der Waals surface area contributed by atoms with Crippen LogP contribution in [0.15, 0.2) is 115 Å². The lowest BCUT2D eigenvalue weighted by atomic mass is 9.67. The van der Waals surface area contributed by atoms with Crippen LogP contribution in [0.4, 0.5) is 0 Å². The van der Waals surface area contributed by atoms with E-state index in [1.165, 1.54) is 22.3 Å². The second kappa shape index (κ2) is 11.6. The van der Waals surface area contributed by atoms with Crippen molar-refractivity contribution >= 4 is 0 Å². The summed E-state index contributed by atoms with van der Waals surface area (Å²) in [7, 11) is 0. The quantitative estimate of drug-likeness (QED) is 0.226. The molecular weight excluding hydrogens is 418 g/mol. The smallest absolute Gasteiger partial charge is 0.119 e. The zero-order valence-electron chi connectivity index (χ0n) is 19.4. The molecule has 0 radical (unpaired) electrons. The number of benzene rings is 4. The van der Waals surface area contributed by atoms with Gasteiger partial charge >= 0.3 is 0 Å². The van der Waals surface area contributed by atoms with Gasteiger partial charge in [-0.2, -0.15) is 0 Å². The van der Waals surface area contributed by atoms with Gasteiger partial charge in [0.05, 0.1) is 6.61 Å². The summed E-state index contributed by atoms with van der Waals surface area (Å²) in [6.45, 7) is 1.33. The standard InChI is InChI=1S/C30H33N3O/c31-29(32)33-22-20-24-16-18-28(19-17-24)34-23-21-30(25-10-4-1-5-11-25,26-12-6-2-7-13-26)27-14-8-3-9-15-27/h1-19,29,33H,20-23,31-32H2. The van der Waals surface area contributed by atoms with Crippen LogP contribution in [0.5, 0.6) is 5.75 Å². The maximum Gasteiger partial charge on any atom is 0.119 e. The summed E-state index contributed by atoms with van der Waals surface area (Å²) in [5.74, 6) is 0.871. The molecule has 4 heteroatoms. The average molecular weight is 452 g/mol. The first kappa shape index (κ1) is 23.7. The Morgan fingerprint density at radius 3 is 1.56 bits per heavy atom. The molecule has 0 heterocycles. The van der Waals surface area contributed by atoms with E-state index in [4.69, 9.17) is 16.2 Å². The molecule has 0 spiro atoms. The van der Waals surface area contributed by atoms with Crippen molar-refractivity contribution in [2.75, 3.05) is 13.2 Å². The lowest BCUT2D eigenvalue weighted by molar-refractivity contribution is 0.286. The lowest BCUT2D eigenvalue weighted by Gasteiger charge is -2.36. The van der Waals surface area contributed by atoms with Crippen LogP contribution in [0.25, 0.3) is 0 Å². The van der Waals surface area contributed by atoms with Gasteiger partial charge in [-0.25, -0.2) is 0 Å². The van der Waals surface area contributed by atoms with Gasteiger partial charge in [-0.3, -0.25) is 5.32 Å². The summed E-state index contributed by atoms with van der Waals surface area (Å²) in [5, 5.41) is 3.03. The Labute approximate surface area is 202 Å². The third-order valence-electron chi connectivity index (χ3n) is 6.26. The fourth-order valence-electron chi connectivity index (χ4n) is 4.56. The van der Waals surface area contributed by atoms with E-state index >= 15 is 0 Å². The summed E-state index contributed by atoms with van der Waals surface area (Å²) >= 11 is 0. The molecule has 0 aliphatic rings. The summed E-state index contributed by atoms with van der Waals surface area (Å²) < 4.78 is 6.27. The van der Waals surface area contributed by atoms with E-state index in [-0.39, 0.29) is 5.41 Å². The van der Waals surface area contributed by atoms with Gasteiger partial charge in [0.1, 0.15) is 12.0 Å². The van der Waals surface area contributed by atoms with Gasteiger partial charge in [0.15, 0.2) is 0 Å². The molecule has 174 valence electrons. The zero-order chi connectivity index (χ0) is 23.6. The van der Waals surface area contributed by atoms with Crippen LogP contribution in [0.3, 0.4) is 0 Å². The first-order valence-corrected chi connectivity index (χ1v) is 11.8. The summed E-state index contributed by atoms with van der Waals surface area (Å²) in [6.07, 6.45) is 1.19. The van der Waals surface area contributed by atoms with Crippen LogP contribution in [0.1, 0.15) is 28.7 Å². The molecule has 0 bridgehead atoms. The summed E-state index contributed by atoms with van der Waals surface area (Å²) in [6, 6.07) is 40.5. The van der Waals surface area contributed by atoms with Crippen LogP contribution in [-0.2, 0) is 11.8 Å². The van der Waals surface area contributed by atoms with Crippen molar-refractivity contribution in [1.29, 1.82) is 0 Å². The third kappa shape index (κ3) is 5.72. The molecule has 4 nitrogen and oxygen atoms in total. The predicted molar refractivity (Wildman–Crippen MR) is 140 cm³/mol. The first-order valence-electron chi connectivity index (χ1n) is 11.8. The maximum absolute atomic E-state index is 6.27. The van der Waals surface area contributed by atoms with Crippen molar-refractivity contribution in [2.24, 2.45) is 11.5 Å². The molecule has 0 amide bonds. The van der Waals surface area contributed by atoms with E-state index in [9.17, 15) is 0 Å². The van der Waals surface area contributed by atoms with Crippen LogP contribution < -0.4 is 21.5 Å². The van der Waals surface area contributed by atoms with Crippen molar-refractivity contribution in [3.8, 4) is 5.75 Å². The van der Waals surface area contributed by atoms with Crippen molar-refractivity contribution in [3.63, 3.8) is 0 Å². The van der Waals surface area contributed by atoms with Crippen molar-refractivity contribution < 1.29 is 4.74 Å². The Morgan fingerprint density at radius 2 is 1.12 bits per heavy atom. The van der Waals surface area contributed by atoms with E-state index < -0.39 is 6.29 Å². The fraction of sp³-hybridized carbons (Fsp3) is 0.200. The minimum atomic E-state index is -0.485. The molecular formula is C30H33N3O. The molecule has 0 aliphatic carbocycles. The van der Waals surface area contributed by atoms with Crippen molar-refractivity contribution in [2.45, 2.75) is 24.5 Å². The third-order valence-corrected chi connectivity index (χ3v) is 6.26. The first-order chi connectivity index (χ1) is 16.7. The Balaban J connectivity index is 1.56. The summed E-state index contributed by atoms with van der Waals surface area (Å²) in [4.78, 5) is 0. The van der Waals surface area contributed by atoms with Crippen molar-refractivity contribution in [1.82, 2.24) is 5.32 Å². The van der Waals surface area contributed by atoms with E-state index in [0.717, 1.165) is 25.1 Å². The molecule has 0 fully saturated rings. The molecule has 0 atom stereocenters. The molecule has 5 N–H and O–H groups in total. The highest BCUT2D eigenvalue weighted by molar-refractivity contribution is 5.50. The van der Waals surface area contributed by atoms with Crippen LogP contribution in [-0.4, -0.2) is 19.4 Å². The Morgan fingerprint density at radius 1 is 0.647 bits per heavy atom. The van der Waals surface area contributed by atoms with Crippen molar-refractivity contribution in [3.05, 3.63) is 138 Å². The van der Waals surface area contributed by atoms with Gasteiger partial charge in [0.25, 0.3) is 0 Å². The van der Waals surface area contributed by atoms with Crippen LogP contribution >= 0.6 is 0 Å². The number of hydrogen-bond donors (Lipinski definition) is 3. The second-order valence-corrected chi connectivity index (χ2v) is 8.48. The Bertz CT molecular complexity index is 1020. The fourth-order valence-corrected chi connectivity index (χ4v) is 4.56. The van der Waals surface area contributed by atoms with Gasteiger partial charge in [-0.05, 0) is 47.2 Å². The minimum absolute atomic E-state index is 0.309. The predicted octanol–water partition coefficient (Wildman–Crippen LogP) is 4.82. The highest BCUT2D eigenvalue weighted by atomic mass is 16.5. The lowest BCUT2D eigenvalue weighted by Crippen LogP contribution is -2.45. The SMILES string of the molecule is NC(N)NCCc1ccc(OCCC(c2ccccc2)(c2ccccc2)c2ccccc2)cc1. The maximum atomic E-state index is 6.27. The number of nitrogens with one attached hydrogen (secondary N) is 1. The molecule has 0 saturated heterocycles. The molecule has 0 aliphatic heterocycles.